The lowest BCUT2D eigenvalue weighted by Crippen LogP contribution is -2.26. The maximum Gasteiger partial charge on any atom is 0.235 e. The lowest BCUT2D eigenvalue weighted by atomic mass is 9.72. The summed E-state index contributed by atoms with van der Waals surface area (Å²) in [6.07, 6.45) is 3.50. The van der Waals surface area contributed by atoms with E-state index in [0.717, 1.165) is 23.5 Å². The van der Waals surface area contributed by atoms with Crippen molar-refractivity contribution in [3.05, 3.63) is 33.5 Å². The van der Waals surface area contributed by atoms with E-state index in [4.69, 9.17) is 5.26 Å². The largest absolute Gasteiger partial charge is 0.316 e. The van der Waals surface area contributed by atoms with E-state index in [2.05, 4.69) is 48.4 Å². The molecule has 1 aliphatic carbocycles. The Labute approximate surface area is 194 Å². The number of thioether (sulfide) groups is 1. The van der Waals surface area contributed by atoms with Gasteiger partial charge in [-0.15, -0.1) is 32.9 Å². The van der Waals surface area contributed by atoms with Gasteiger partial charge in [0.05, 0.1) is 16.2 Å². The molecule has 9 heteroatoms. The Morgan fingerprint density at radius 2 is 2.23 bits per heavy atom. The minimum atomic E-state index is -0.159. The van der Waals surface area contributed by atoms with Crippen LogP contribution >= 0.6 is 34.4 Å². The second-order valence-electron chi connectivity index (χ2n) is 8.84. The molecule has 1 amide bonds. The van der Waals surface area contributed by atoms with E-state index in [0.29, 0.717) is 27.1 Å². The van der Waals surface area contributed by atoms with E-state index in [-0.39, 0.29) is 11.7 Å². The fraction of sp³-hybridized carbons (Fsp3) is 0.455. The summed E-state index contributed by atoms with van der Waals surface area (Å²) in [4.78, 5) is 14.9. The van der Waals surface area contributed by atoms with Crippen LogP contribution in [0.5, 0.6) is 0 Å². The highest BCUT2D eigenvalue weighted by atomic mass is 32.2. The van der Waals surface area contributed by atoms with Gasteiger partial charge < -0.3 is 9.88 Å². The fourth-order valence-corrected chi connectivity index (χ4v) is 6.51. The Hall–Kier alpha value is -2.15. The summed E-state index contributed by atoms with van der Waals surface area (Å²) >= 11 is 4.51. The second kappa shape index (κ2) is 8.77. The Morgan fingerprint density at radius 3 is 2.97 bits per heavy atom. The number of anilines is 1. The first-order valence-corrected chi connectivity index (χ1v) is 12.9. The first kappa shape index (κ1) is 22.1. The predicted molar refractivity (Wildman–Crippen MR) is 128 cm³/mol. The number of nitriles is 1. The number of hydrogen-bond donors (Lipinski definition) is 1. The molecule has 1 atom stereocenters. The van der Waals surface area contributed by atoms with Gasteiger partial charge in [-0.05, 0) is 53.7 Å². The molecule has 3 aromatic rings. The lowest BCUT2D eigenvalue weighted by molar-refractivity contribution is -0.113. The number of carbonyl (C=O) groups is 1. The summed E-state index contributed by atoms with van der Waals surface area (Å²) in [7, 11) is 1.94. The number of thiophene rings is 2. The highest BCUT2D eigenvalue weighted by Crippen LogP contribution is 2.42. The third-order valence-electron chi connectivity index (χ3n) is 5.73. The van der Waals surface area contributed by atoms with Gasteiger partial charge in [0.25, 0.3) is 0 Å². The summed E-state index contributed by atoms with van der Waals surface area (Å²) in [5.41, 5.74) is 2.26. The number of aryl methyl sites for hydroxylation is 1. The highest BCUT2D eigenvalue weighted by molar-refractivity contribution is 7.99. The van der Waals surface area contributed by atoms with Crippen molar-refractivity contribution in [1.82, 2.24) is 14.8 Å². The fourth-order valence-electron chi connectivity index (χ4n) is 3.82. The molecule has 1 aliphatic rings. The SMILES string of the molecule is Cn1c(SCC(=O)Nc2sccc2C#N)nnc1-c1cc2c(s1)CCC(C(C)(C)C)C2. The molecule has 0 fully saturated rings. The molecular formula is C22H25N5OS3. The molecule has 0 aliphatic heterocycles. The van der Waals surface area contributed by atoms with Gasteiger partial charge in [-0.1, -0.05) is 32.5 Å². The number of aromatic nitrogens is 3. The molecule has 0 bridgehead atoms. The molecule has 3 heterocycles. The van der Waals surface area contributed by atoms with Crippen LogP contribution < -0.4 is 5.32 Å². The molecule has 162 valence electrons. The Morgan fingerprint density at radius 1 is 1.42 bits per heavy atom. The van der Waals surface area contributed by atoms with Crippen LogP contribution in [-0.2, 0) is 24.7 Å². The van der Waals surface area contributed by atoms with Crippen LogP contribution in [0.15, 0.2) is 22.7 Å². The molecule has 0 spiro atoms. The maximum atomic E-state index is 12.3. The van der Waals surface area contributed by atoms with E-state index in [1.807, 2.05) is 23.0 Å². The Kier molecular flexibility index (Phi) is 6.24. The predicted octanol–water partition coefficient (Wildman–Crippen LogP) is 5.36. The van der Waals surface area contributed by atoms with Crippen molar-refractivity contribution in [2.45, 2.75) is 45.2 Å². The zero-order valence-corrected chi connectivity index (χ0v) is 20.5. The van der Waals surface area contributed by atoms with Crippen molar-refractivity contribution in [3.63, 3.8) is 0 Å². The van der Waals surface area contributed by atoms with Crippen molar-refractivity contribution >= 4 is 45.3 Å². The molecule has 1 unspecified atom stereocenters. The summed E-state index contributed by atoms with van der Waals surface area (Å²) in [6, 6.07) is 6.06. The van der Waals surface area contributed by atoms with E-state index < -0.39 is 0 Å². The molecule has 31 heavy (non-hydrogen) atoms. The maximum absolute atomic E-state index is 12.3. The average molecular weight is 472 g/mol. The van der Waals surface area contributed by atoms with Gasteiger partial charge in [0.15, 0.2) is 11.0 Å². The van der Waals surface area contributed by atoms with Gasteiger partial charge in [0.2, 0.25) is 5.91 Å². The Balaban J connectivity index is 1.43. The molecule has 3 aromatic heterocycles. The van der Waals surface area contributed by atoms with Crippen molar-refractivity contribution in [2.75, 3.05) is 11.1 Å². The van der Waals surface area contributed by atoms with Gasteiger partial charge in [0, 0.05) is 11.9 Å². The summed E-state index contributed by atoms with van der Waals surface area (Å²) < 4.78 is 1.96. The van der Waals surface area contributed by atoms with Gasteiger partial charge in [0.1, 0.15) is 11.1 Å². The first-order chi connectivity index (χ1) is 14.8. The van der Waals surface area contributed by atoms with Crippen molar-refractivity contribution in [3.8, 4) is 16.8 Å². The van der Waals surface area contributed by atoms with Gasteiger partial charge in [-0.2, -0.15) is 5.26 Å². The molecule has 0 radical (unpaired) electrons. The van der Waals surface area contributed by atoms with Crippen LogP contribution in [0.25, 0.3) is 10.7 Å². The van der Waals surface area contributed by atoms with E-state index in [1.165, 1.54) is 40.0 Å². The quantitative estimate of drug-likeness (QED) is 0.507. The standard InChI is InChI=1S/C22H25N5OS3/c1-22(2,3)15-5-6-16-14(9-15)10-17(31-16)19-25-26-21(27(19)4)30-12-18(28)24-20-13(11-23)7-8-29-20/h7-8,10,15H,5-6,9,12H2,1-4H3,(H,24,28). The van der Waals surface area contributed by atoms with E-state index >= 15 is 0 Å². The number of carbonyl (C=O) groups excluding carboxylic acids is 1. The summed E-state index contributed by atoms with van der Waals surface area (Å²) in [5, 5.41) is 23.7. The zero-order chi connectivity index (χ0) is 22.2. The number of hydrogen-bond acceptors (Lipinski definition) is 7. The lowest BCUT2D eigenvalue weighted by Gasteiger charge is -2.33. The number of rotatable bonds is 5. The van der Waals surface area contributed by atoms with Crippen molar-refractivity contribution in [2.24, 2.45) is 18.4 Å². The van der Waals surface area contributed by atoms with Crippen LogP contribution in [0.3, 0.4) is 0 Å². The minimum absolute atomic E-state index is 0.159. The van der Waals surface area contributed by atoms with Crippen LogP contribution in [-0.4, -0.2) is 26.4 Å². The molecule has 4 rings (SSSR count). The van der Waals surface area contributed by atoms with Crippen molar-refractivity contribution in [1.29, 1.82) is 5.26 Å². The number of fused-ring (bicyclic) bond motifs is 1. The number of nitrogens with one attached hydrogen (secondary N) is 1. The summed E-state index contributed by atoms with van der Waals surface area (Å²) in [6.45, 7) is 6.99. The third kappa shape index (κ3) is 4.71. The van der Waals surface area contributed by atoms with Crippen LogP contribution in [0.4, 0.5) is 5.00 Å². The van der Waals surface area contributed by atoms with Crippen LogP contribution in [0.1, 0.15) is 43.2 Å². The zero-order valence-electron chi connectivity index (χ0n) is 18.1. The normalized spacial score (nSPS) is 16.0. The smallest absolute Gasteiger partial charge is 0.235 e. The molecule has 0 aromatic carbocycles. The van der Waals surface area contributed by atoms with Crippen LogP contribution in [0, 0.1) is 22.7 Å². The van der Waals surface area contributed by atoms with Gasteiger partial charge in [-0.25, -0.2) is 0 Å². The van der Waals surface area contributed by atoms with E-state index in [1.54, 1.807) is 11.4 Å². The van der Waals surface area contributed by atoms with E-state index in [9.17, 15) is 4.79 Å². The summed E-state index contributed by atoms with van der Waals surface area (Å²) in [5.74, 6) is 1.60. The topological polar surface area (TPSA) is 83.6 Å². The second-order valence-corrected chi connectivity index (χ2v) is 11.8. The number of amides is 1. The highest BCUT2D eigenvalue weighted by Gasteiger charge is 2.30. The number of nitrogens with zero attached hydrogens (tertiary/aromatic N) is 4. The van der Waals surface area contributed by atoms with Crippen LogP contribution in [0.2, 0.25) is 0 Å². The van der Waals surface area contributed by atoms with Gasteiger partial charge >= 0.3 is 0 Å². The van der Waals surface area contributed by atoms with Crippen molar-refractivity contribution < 1.29 is 4.79 Å². The monoisotopic (exact) mass is 471 g/mol. The Bertz CT molecular complexity index is 1150. The molecule has 0 saturated heterocycles. The first-order valence-electron chi connectivity index (χ1n) is 10.2. The molecular weight excluding hydrogens is 446 g/mol. The van der Waals surface area contributed by atoms with Gasteiger partial charge in [-0.3, -0.25) is 4.79 Å². The molecule has 1 N–H and O–H groups in total. The molecule has 6 nitrogen and oxygen atoms in total. The minimum Gasteiger partial charge on any atom is -0.316 e. The molecule has 0 saturated carbocycles. The average Bonchev–Trinajstić information content (AvgIpc) is 3.43. The third-order valence-corrected chi connectivity index (χ3v) is 8.82.